The number of carbonyl (C=O) groups excluding carboxylic acids is 1. The van der Waals surface area contributed by atoms with Crippen molar-refractivity contribution in [3.05, 3.63) is 0 Å². The molecular formula is C19H39N5O3. The Bertz CT molecular complexity index is 486. The number of morpholine rings is 1. The first-order chi connectivity index (χ1) is 12.6. The van der Waals surface area contributed by atoms with Crippen molar-refractivity contribution in [3.63, 3.8) is 0 Å². The molecule has 158 valence electrons. The second-order valence-electron chi connectivity index (χ2n) is 8.18. The van der Waals surface area contributed by atoms with Gasteiger partial charge in [-0.3, -0.25) is 4.99 Å². The second kappa shape index (κ2) is 10.7. The molecule has 0 aromatic heterocycles. The molecule has 1 unspecified atom stereocenters. The Morgan fingerprint density at radius 3 is 2.44 bits per heavy atom. The van der Waals surface area contributed by atoms with E-state index in [1.54, 1.807) is 7.05 Å². The molecule has 0 radical (unpaired) electrons. The van der Waals surface area contributed by atoms with Crippen molar-refractivity contribution in [1.82, 2.24) is 20.9 Å². The summed E-state index contributed by atoms with van der Waals surface area (Å²) in [7, 11) is 3.84. The Labute approximate surface area is 164 Å². The number of nitrogens with one attached hydrogen (secondary N) is 3. The normalized spacial score (nSPS) is 19.5. The molecule has 1 aliphatic rings. The average molecular weight is 386 g/mol. The summed E-state index contributed by atoms with van der Waals surface area (Å²) in [5.74, 6) is 0.698. The Morgan fingerprint density at radius 1 is 1.26 bits per heavy atom. The molecule has 1 aliphatic heterocycles. The van der Waals surface area contributed by atoms with Crippen molar-refractivity contribution in [2.75, 3.05) is 46.9 Å². The molecule has 0 aliphatic carbocycles. The van der Waals surface area contributed by atoms with Gasteiger partial charge >= 0.3 is 6.09 Å². The van der Waals surface area contributed by atoms with E-state index in [0.29, 0.717) is 19.0 Å². The van der Waals surface area contributed by atoms with Crippen LogP contribution in [-0.4, -0.2) is 81.1 Å². The van der Waals surface area contributed by atoms with Gasteiger partial charge in [-0.2, -0.15) is 0 Å². The molecule has 0 aromatic carbocycles. The molecule has 0 aromatic rings. The molecule has 1 saturated heterocycles. The third-order valence-electron chi connectivity index (χ3n) is 4.78. The van der Waals surface area contributed by atoms with Gasteiger partial charge in [-0.25, -0.2) is 4.79 Å². The minimum Gasteiger partial charge on any atom is -0.444 e. The summed E-state index contributed by atoms with van der Waals surface area (Å²) in [4.78, 5) is 18.8. The summed E-state index contributed by atoms with van der Waals surface area (Å²) >= 11 is 0. The summed E-state index contributed by atoms with van der Waals surface area (Å²) < 4.78 is 11.2. The SMILES string of the molecule is CCC(CC)(CNC(=NC)NCC1CN(C)CCO1)NC(=O)OC(C)(C)C. The summed E-state index contributed by atoms with van der Waals surface area (Å²) in [6.07, 6.45) is 1.31. The van der Waals surface area contributed by atoms with Gasteiger partial charge in [0.25, 0.3) is 0 Å². The van der Waals surface area contributed by atoms with Gasteiger partial charge in [-0.1, -0.05) is 13.8 Å². The first kappa shape index (κ1) is 23.5. The number of guanidine groups is 1. The Hall–Kier alpha value is -1.54. The van der Waals surface area contributed by atoms with E-state index in [-0.39, 0.29) is 6.10 Å². The van der Waals surface area contributed by atoms with E-state index in [1.807, 2.05) is 20.8 Å². The van der Waals surface area contributed by atoms with Crippen molar-refractivity contribution in [1.29, 1.82) is 0 Å². The van der Waals surface area contributed by atoms with Crippen molar-refractivity contribution in [2.45, 2.75) is 64.7 Å². The van der Waals surface area contributed by atoms with Crippen molar-refractivity contribution >= 4 is 12.1 Å². The van der Waals surface area contributed by atoms with E-state index >= 15 is 0 Å². The standard InChI is InChI=1S/C19H39N5O3/c1-8-19(9-2,23-17(25)27-18(3,4)5)14-22-16(20-6)21-12-15-13-24(7)10-11-26-15/h15H,8-14H2,1-7H3,(H,23,25)(H2,20,21,22). The molecule has 8 heteroatoms. The molecule has 0 saturated carbocycles. The number of carbonyl (C=O) groups is 1. The van der Waals surface area contributed by atoms with E-state index in [1.165, 1.54) is 0 Å². The summed E-state index contributed by atoms with van der Waals surface area (Å²) in [6, 6.07) is 0. The quantitative estimate of drug-likeness (QED) is 0.455. The minimum absolute atomic E-state index is 0.143. The number of hydrogen-bond acceptors (Lipinski definition) is 5. The van der Waals surface area contributed by atoms with Crippen LogP contribution in [-0.2, 0) is 9.47 Å². The Balaban J connectivity index is 2.55. The number of nitrogens with zero attached hydrogens (tertiary/aromatic N) is 2. The highest BCUT2D eigenvalue weighted by atomic mass is 16.6. The van der Waals surface area contributed by atoms with E-state index in [0.717, 1.165) is 32.5 Å². The van der Waals surface area contributed by atoms with Gasteiger partial charge in [0.15, 0.2) is 5.96 Å². The molecule has 27 heavy (non-hydrogen) atoms. The number of aliphatic imine (C=N–C) groups is 1. The van der Waals surface area contributed by atoms with E-state index < -0.39 is 17.2 Å². The maximum Gasteiger partial charge on any atom is 0.408 e. The van der Waals surface area contributed by atoms with E-state index in [2.05, 4.69) is 46.7 Å². The zero-order valence-corrected chi connectivity index (χ0v) is 18.1. The molecule has 1 heterocycles. The van der Waals surface area contributed by atoms with Crippen LogP contribution in [0.2, 0.25) is 0 Å². The van der Waals surface area contributed by atoms with Crippen molar-refractivity contribution in [3.8, 4) is 0 Å². The fourth-order valence-corrected chi connectivity index (χ4v) is 2.92. The topological polar surface area (TPSA) is 87.2 Å². The summed E-state index contributed by atoms with van der Waals surface area (Å²) in [5, 5.41) is 9.69. The van der Waals surface area contributed by atoms with Crippen LogP contribution in [0.5, 0.6) is 0 Å². The number of amides is 1. The largest absolute Gasteiger partial charge is 0.444 e. The molecule has 0 spiro atoms. The van der Waals surface area contributed by atoms with Crippen LogP contribution < -0.4 is 16.0 Å². The molecular weight excluding hydrogens is 346 g/mol. The average Bonchev–Trinajstić information content (AvgIpc) is 2.59. The minimum atomic E-state index is -0.518. The molecule has 3 N–H and O–H groups in total. The van der Waals surface area contributed by atoms with Gasteiger partial charge in [0.1, 0.15) is 5.60 Å². The summed E-state index contributed by atoms with van der Waals surface area (Å²) in [6.45, 7) is 13.6. The highest BCUT2D eigenvalue weighted by Gasteiger charge is 2.30. The third-order valence-corrected chi connectivity index (χ3v) is 4.78. The van der Waals surface area contributed by atoms with Crippen LogP contribution in [0.25, 0.3) is 0 Å². The third kappa shape index (κ3) is 8.79. The first-order valence-corrected chi connectivity index (χ1v) is 9.89. The molecule has 1 fully saturated rings. The molecule has 1 atom stereocenters. The fraction of sp³-hybridized carbons (Fsp3) is 0.895. The number of ether oxygens (including phenoxy) is 2. The number of rotatable bonds is 7. The smallest absolute Gasteiger partial charge is 0.408 e. The zero-order valence-electron chi connectivity index (χ0n) is 18.1. The highest BCUT2D eigenvalue weighted by molar-refractivity contribution is 5.80. The molecule has 0 bridgehead atoms. The van der Waals surface area contributed by atoms with Crippen LogP contribution in [0.3, 0.4) is 0 Å². The van der Waals surface area contributed by atoms with Gasteiger partial charge in [-0.05, 0) is 40.7 Å². The Morgan fingerprint density at radius 2 is 1.93 bits per heavy atom. The van der Waals surface area contributed by atoms with Crippen molar-refractivity contribution < 1.29 is 14.3 Å². The monoisotopic (exact) mass is 385 g/mol. The predicted molar refractivity (Wildman–Crippen MR) is 109 cm³/mol. The van der Waals surface area contributed by atoms with Crippen molar-refractivity contribution in [2.24, 2.45) is 4.99 Å². The Kier molecular flexibility index (Phi) is 9.32. The maximum atomic E-state index is 12.2. The van der Waals surface area contributed by atoms with Crippen LogP contribution in [0.15, 0.2) is 4.99 Å². The molecule has 1 amide bonds. The van der Waals surface area contributed by atoms with Gasteiger partial charge in [0, 0.05) is 33.2 Å². The van der Waals surface area contributed by atoms with Gasteiger partial charge < -0.3 is 30.3 Å². The number of alkyl carbamates (subject to hydrolysis) is 1. The lowest BCUT2D eigenvalue weighted by Crippen LogP contribution is -2.57. The maximum absolute atomic E-state index is 12.2. The first-order valence-electron chi connectivity index (χ1n) is 9.89. The van der Waals surface area contributed by atoms with Crippen LogP contribution in [0.1, 0.15) is 47.5 Å². The lowest BCUT2D eigenvalue weighted by Gasteiger charge is -2.35. The molecule has 8 nitrogen and oxygen atoms in total. The van der Waals surface area contributed by atoms with Crippen LogP contribution in [0.4, 0.5) is 4.79 Å². The number of likely N-dealkylation sites (N-methyl/N-ethyl adjacent to an activating group) is 1. The van der Waals surface area contributed by atoms with Gasteiger partial charge in [0.2, 0.25) is 0 Å². The van der Waals surface area contributed by atoms with Gasteiger partial charge in [0.05, 0.1) is 18.2 Å². The van der Waals surface area contributed by atoms with Crippen LogP contribution >= 0.6 is 0 Å². The predicted octanol–water partition coefficient (Wildman–Crippen LogP) is 1.57. The second-order valence-corrected chi connectivity index (χ2v) is 8.18. The highest BCUT2D eigenvalue weighted by Crippen LogP contribution is 2.16. The van der Waals surface area contributed by atoms with Crippen LogP contribution in [0, 0.1) is 0 Å². The van der Waals surface area contributed by atoms with E-state index in [9.17, 15) is 4.79 Å². The summed E-state index contributed by atoms with van der Waals surface area (Å²) in [5.41, 5.74) is -0.920. The lowest BCUT2D eigenvalue weighted by molar-refractivity contribution is -0.0161. The zero-order chi connectivity index (χ0) is 20.5. The fourth-order valence-electron chi connectivity index (χ4n) is 2.92. The lowest BCUT2D eigenvalue weighted by atomic mass is 9.93. The molecule has 1 rings (SSSR count). The number of hydrogen-bond donors (Lipinski definition) is 3. The van der Waals surface area contributed by atoms with E-state index in [4.69, 9.17) is 9.47 Å². The van der Waals surface area contributed by atoms with Gasteiger partial charge in [-0.15, -0.1) is 0 Å².